The van der Waals surface area contributed by atoms with Crippen molar-refractivity contribution in [2.75, 3.05) is 26.2 Å². The van der Waals surface area contributed by atoms with Gasteiger partial charge in [0, 0.05) is 38.3 Å². The summed E-state index contributed by atoms with van der Waals surface area (Å²) in [5, 5.41) is 9.57. The number of nitrogens with zero attached hydrogens (tertiary/aromatic N) is 4. The molecule has 186 valence electrons. The second-order valence-corrected chi connectivity index (χ2v) is 8.13. The summed E-state index contributed by atoms with van der Waals surface area (Å²) in [6.45, 7) is 4.52. The van der Waals surface area contributed by atoms with Crippen LogP contribution < -0.4 is 14.2 Å². The molecule has 35 heavy (non-hydrogen) atoms. The molecule has 2 atom stereocenters. The lowest BCUT2D eigenvalue weighted by Gasteiger charge is -2.34. The standard InChI is InChI=1S/C23H24F2N4O6/c1-14(30)15(2)33-20-12-17(26-13-27-20)22(32)29-9-7-28(8-10-29)21(31)6-4-16-3-5-18-19(11-16)35-23(24,25)34-18/h3-6,11-15,30H,7-10H2,1-2H3/b6-4+/t14-,15+/m0/s1. The number of aliphatic hydroxyl groups is 1. The smallest absolute Gasteiger partial charge is 0.472 e. The monoisotopic (exact) mass is 490 g/mol. The second-order valence-electron chi connectivity index (χ2n) is 8.13. The van der Waals surface area contributed by atoms with Crippen molar-refractivity contribution in [3.8, 4) is 17.4 Å². The van der Waals surface area contributed by atoms with E-state index in [0.717, 1.165) is 0 Å². The minimum Gasteiger partial charge on any atom is -0.472 e. The van der Waals surface area contributed by atoms with E-state index in [0.29, 0.717) is 31.7 Å². The van der Waals surface area contributed by atoms with Gasteiger partial charge in [0.15, 0.2) is 11.5 Å². The normalized spacial score (nSPS) is 18.4. The van der Waals surface area contributed by atoms with E-state index in [4.69, 9.17) is 4.74 Å². The van der Waals surface area contributed by atoms with Crippen molar-refractivity contribution in [3.05, 3.63) is 47.9 Å². The molecule has 2 aliphatic rings. The molecule has 0 spiro atoms. The van der Waals surface area contributed by atoms with Crippen LogP contribution in [0, 0.1) is 0 Å². The zero-order valence-electron chi connectivity index (χ0n) is 19.1. The summed E-state index contributed by atoms with van der Waals surface area (Å²) in [7, 11) is 0. The van der Waals surface area contributed by atoms with Gasteiger partial charge in [0.25, 0.3) is 5.91 Å². The van der Waals surface area contributed by atoms with Crippen LogP contribution in [0.2, 0.25) is 0 Å². The summed E-state index contributed by atoms with van der Waals surface area (Å²) in [5.41, 5.74) is 0.653. The fourth-order valence-corrected chi connectivity index (χ4v) is 3.44. The molecule has 2 amide bonds. The summed E-state index contributed by atoms with van der Waals surface area (Å²) in [4.78, 5) is 36.5. The Hall–Kier alpha value is -3.80. The van der Waals surface area contributed by atoms with Crippen LogP contribution in [-0.2, 0) is 4.79 Å². The van der Waals surface area contributed by atoms with Gasteiger partial charge in [0.1, 0.15) is 18.1 Å². The van der Waals surface area contributed by atoms with Crippen LogP contribution in [0.25, 0.3) is 6.08 Å². The van der Waals surface area contributed by atoms with E-state index < -0.39 is 18.5 Å². The van der Waals surface area contributed by atoms with Crippen LogP contribution in [0.15, 0.2) is 36.7 Å². The average Bonchev–Trinajstić information content (AvgIpc) is 3.15. The first-order valence-corrected chi connectivity index (χ1v) is 10.9. The molecule has 0 bridgehead atoms. The zero-order chi connectivity index (χ0) is 25.2. The molecule has 0 aliphatic carbocycles. The topological polar surface area (TPSA) is 114 Å². The molecule has 2 aromatic rings. The predicted molar refractivity (Wildman–Crippen MR) is 118 cm³/mol. The number of aliphatic hydroxyl groups excluding tert-OH is 1. The molecule has 0 unspecified atom stereocenters. The third-order valence-corrected chi connectivity index (χ3v) is 5.57. The summed E-state index contributed by atoms with van der Waals surface area (Å²) in [6.07, 6.45) is -0.859. The van der Waals surface area contributed by atoms with Crippen LogP contribution in [0.3, 0.4) is 0 Å². The van der Waals surface area contributed by atoms with E-state index in [2.05, 4.69) is 19.4 Å². The number of halogens is 2. The number of carbonyl (C=O) groups is 2. The van der Waals surface area contributed by atoms with Crippen molar-refractivity contribution >= 4 is 17.9 Å². The lowest BCUT2D eigenvalue weighted by molar-refractivity contribution is -0.286. The van der Waals surface area contributed by atoms with Crippen molar-refractivity contribution in [1.82, 2.24) is 19.8 Å². The summed E-state index contributed by atoms with van der Waals surface area (Å²) in [6, 6.07) is 5.66. The molecular weight excluding hydrogens is 466 g/mol. The molecule has 3 heterocycles. The van der Waals surface area contributed by atoms with Crippen molar-refractivity contribution in [2.24, 2.45) is 0 Å². The van der Waals surface area contributed by atoms with Crippen molar-refractivity contribution < 1.29 is 37.7 Å². The van der Waals surface area contributed by atoms with Gasteiger partial charge in [0.2, 0.25) is 11.8 Å². The Morgan fingerprint density at radius 2 is 1.77 bits per heavy atom. The van der Waals surface area contributed by atoms with Gasteiger partial charge >= 0.3 is 6.29 Å². The molecule has 12 heteroatoms. The summed E-state index contributed by atoms with van der Waals surface area (Å²) >= 11 is 0. The number of benzene rings is 1. The highest BCUT2D eigenvalue weighted by atomic mass is 19.3. The van der Waals surface area contributed by atoms with Crippen LogP contribution in [-0.4, -0.2) is 81.4 Å². The highest BCUT2D eigenvalue weighted by Crippen LogP contribution is 2.41. The van der Waals surface area contributed by atoms with Crippen LogP contribution in [0.4, 0.5) is 8.78 Å². The molecule has 1 N–H and O–H groups in total. The van der Waals surface area contributed by atoms with Crippen LogP contribution in [0.5, 0.6) is 17.4 Å². The molecule has 2 aliphatic heterocycles. The maximum Gasteiger partial charge on any atom is 0.586 e. The van der Waals surface area contributed by atoms with Crippen molar-refractivity contribution in [3.63, 3.8) is 0 Å². The van der Waals surface area contributed by atoms with Crippen LogP contribution in [0.1, 0.15) is 29.9 Å². The van der Waals surface area contributed by atoms with E-state index in [1.165, 1.54) is 42.7 Å². The largest absolute Gasteiger partial charge is 0.586 e. The highest BCUT2D eigenvalue weighted by molar-refractivity contribution is 5.94. The first-order chi connectivity index (χ1) is 16.6. The number of aromatic nitrogens is 2. The van der Waals surface area contributed by atoms with Crippen molar-refractivity contribution in [2.45, 2.75) is 32.4 Å². The number of hydrogen-bond acceptors (Lipinski definition) is 8. The van der Waals surface area contributed by atoms with E-state index in [1.807, 2.05) is 0 Å². The number of piperazine rings is 1. The molecule has 1 saturated heterocycles. The minimum atomic E-state index is -3.70. The molecule has 1 aromatic heterocycles. The van der Waals surface area contributed by atoms with E-state index in [1.54, 1.807) is 23.6 Å². The summed E-state index contributed by atoms with van der Waals surface area (Å²) < 4.78 is 40.6. The lowest BCUT2D eigenvalue weighted by Crippen LogP contribution is -2.50. The van der Waals surface area contributed by atoms with E-state index in [9.17, 15) is 23.5 Å². The number of fused-ring (bicyclic) bond motifs is 1. The molecule has 4 rings (SSSR count). The van der Waals surface area contributed by atoms with Gasteiger partial charge in [-0.2, -0.15) is 0 Å². The van der Waals surface area contributed by atoms with Gasteiger partial charge in [-0.1, -0.05) is 6.07 Å². The maximum absolute atomic E-state index is 13.1. The fourth-order valence-electron chi connectivity index (χ4n) is 3.44. The number of carbonyl (C=O) groups excluding carboxylic acids is 2. The van der Waals surface area contributed by atoms with Gasteiger partial charge in [-0.05, 0) is 37.6 Å². The van der Waals surface area contributed by atoms with Gasteiger partial charge in [-0.25, -0.2) is 9.97 Å². The Morgan fingerprint density at radius 3 is 2.49 bits per heavy atom. The Labute approximate surface area is 199 Å². The average molecular weight is 490 g/mol. The fraction of sp³-hybridized carbons (Fsp3) is 0.391. The molecule has 0 radical (unpaired) electrons. The Balaban J connectivity index is 1.31. The van der Waals surface area contributed by atoms with Gasteiger partial charge < -0.3 is 29.1 Å². The summed E-state index contributed by atoms with van der Waals surface area (Å²) in [5.74, 6) is -0.580. The number of hydrogen-bond donors (Lipinski definition) is 1. The second kappa shape index (κ2) is 9.82. The third kappa shape index (κ3) is 5.83. The van der Waals surface area contributed by atoms with Crippen molar-refractivity contribution in [1.29, 1.82) is 0 Å². The first-order valence-electron chi connectivity index (χ1n) is 10.9. The number of rotatable bonds is 6. The van der Waals surface area contributed by atoms with Gasteiger partial charge in [0.05, 0.1) is 6.10 Å². The highest BCUT2D eigenvalue weighted by Gasteiger charge is 2.43. The van der Waals surface area contributed by atoms with Gasteiger partial charge in [-0.15, -0.1) is 8.78 Å². The lowest BCUT2D eigenvalue weighted by atomic mass is 10.2. The van der Waals surface area contributed by atoms with E-state index in [-0.39, 0.29) is 34.9 Å². The zero-order valence-corrected chi connectivity index (χ0v) is 19.1. The number of ether oxygens (including phenoxy) is 3. The predicted octanol–water partition coefficient (Wildman–Crippen LogP) is 1.94. The Morgan fingerprint density at radius 1 is 1.09 bits per heavy atom. The number of alkyl halides is 2. The van der Waals surface area contributed by atoms with E-state index >= 15 is 0 Å². The SMILES string of the molecule is C[C@H](O)[C@@H](C)Oc1cc(C(=O)N2CCN(C(=O)/C=C/c3ccc4c(c3)OC(F)(F)O4)CC2)ncn1. The molecule has 0 saturated carbocycles. The van der Waals surface area contributed by atoms with Crippen LogP contribution >= 0.6 is 0 Å². The Bertz CT molecular complexity index is 1130. The van der Waals surface area contributed by atoms with Gasteiger partial charge in [-0.3, -0.25) is 9.59 Å². The quantitative estimate of drug-likeness (QED) is 0.612. The Kier molecular flexibility index (Phi) is 6.83. The minimum absolute atomic E-state index is 0.0703. The molecular formula is C23H24F2N4O6. The number of amides is 2. The first kappa shape index (κ1) is 24.3. The maximum atomic E-state index is 13.1. The third-order valence-electron chi connectivity index (χ3n) is 5.57. The molecule has 10 nitrogen and oxygen atoms in total. The molecule has 1 fully saturated rings. The molecule has 1 aromatic carbocycles.